The summed E-state index contributed by atoms with van der Waals surface area (Å²) < 4.78 is 0.572. The standard InChI is InChI=1S/C11H8N4O4/c12-14-13-8-3-1-2-7(6-8)11(18)19-15-9(16)4-5-10(15)17/h1-6,16-17H. The third-order valence-electron chi connectivity index (χ3n) is 2.21. The molecule has 1 aromatic carbocycles. The van der Waals surface area contributed by atoms with Crippen molar-refractivity contribution in [3.63, 3.8) is 0 Å². The maximum Gasteiger partial charge on any atom is 0.363 e. The fraction of sp³-hybridized carbons (Fsp3) is 0. The molecule has 2 N–H and O–H groups in total. The van der Waals surface area contributed by atoms with Gasteiger partial charge in [0.1, 0.15) is 0 Å². The minimum atomic E-state index is -0.822. The highest BCUT2D eigenvalue weighted by molar-refractivity contribution is 5.90. The van der Waals surface area contributed by atoms with Gasteiger partial charge in [-0.1, -0.05) is 17.2 Å². The molecule has 0 saturated heterocycles. The molecule has 0 saturated carbocycles. The number of aromatic nitrogens is 1. The van der Waals surface area contributed by atoms with Crippen LogP contribution in [0, 0.1) is 0 Å². The van der Waals surface area contributed by atoms with Crippen molar-refractivity contribution >= 4 is 11.7 Å². The van der Waals surface area contributed by atoms with E-state index in [0.717, 1.165) is 0 Å². The monoisotopic (exact) mass is 260 g/mol. The largest absolute Gasteiger partial charge is 0.492 e. The third kappa shape index (κ3) is 2.59. The molecule has 0 atom stereocenters. The quantitative estimate of drug-likeness (QED) is 0.498. The molecule has 8 heteroatoms. The van der Waals surface area contributed by atoms with Crippen molar-refractivity contribution in [3.8, 4) is 11.8 Å². The molecule has 8 nitrogen and oxygen atoms in total. The first kappa shape index (κ1) is 12.3. The first-order chi connectivity index (χ1) is 9.11. The molecule has 0 spiro atoms. The molecule has 0 unspecified atom stereocenters. The van der Waals surface area contributed by atoms with Gasteiger partial charge in [-0.25, -0.2) is 4.79 Å². The van der Waals surface area contributed by atoms with Crippen molar-refractivity contribution in [2.45, 2.75) is 0 Å². The summed E-state index contributed by atoms with van der Waals surface area (Å²) in [6, 6.07) is 8.12. The zero-order valence-corrected chi connectivity index (χ0v) is 9.46. The van der Waals surface area contributed by atoms with Crippen LogP contribution < -0.4 is 4.84 Å². The molecule has 0 aliphatic heterocycles. The molecule has 0 aliphatic carbocycles. The molecule has 2 rings (SSSR count). The van der Waals surface area contributed by atoms with Crippen molar-refractivity contribution in [3.05, 3.63) is 52.4 Å². The molecular weight excluding hydrogens is 252 g/mol. The molecule has 1 aromatic heterocycles. The Morgan fingerprint density at radius 1 is 1.26 bits per heavy atom. The van der Waals surface area contributed by atoms with E-state index in [4.69, 9.17) is 10.4 Å². The van der Waals surface area contributed by atoms with Crippen LogP contribution in [0.5, 0.6) is 11.8 Å². The lowest BCUT2D eigenvalue weighted by molar-refractivity contribution is 0.0382. The Balaban J connectivity index is 2.25. The second-order valence-corrected chi connectivity index (χ2v) is 3.46. The summed E-state index contributed by atoms with van der Waals surface area (Å²) in [5.74, 6) is -1.66. The summed E-state index contributed by atoms with van der Waals surface area (Å²) >= 11 is 0. The lowest BCUT2D eigenvalue weighted by Crippen LogP contribution is -2.18. The lowest BCUT2D eigenvalue weighted by Gasteiger charge is -2.06. The van der Waals surface area contributed by atoms with E-state index in [1.165, 1.54) is 36.4 Å². The van der Waals surface area contributed by atoms with Crippen molar-refractivity contribution in [2.24, 2.45) is 5.11 Å². The highest BCUT2D eigenvalue weighted by Crippen LogP contribution is 2.20. The van der Waals surface area contributed by atoms with E-state index in [9.17, 15) is 15.0 Å². The Morgan fingerprint density at radius 2 is 1.95 bits per heavy atom. The van der Waals surface area contributed by atoms with Gasteiger partial charge in [0.2, 0.25) is 11.8 Å². The number of aromatic hydroxyl groups is 2. The van der Waals surface area contributed by atoms with Crippen molar-refractivity contribution in [1.29, 1.82) is 0 Å². The van der Waals surface area contributed by atoms with Gasteiger partial charge in [0.25, 0.3) is 0 Å². The Morgan fingerprint density at radius 3 is 2.58 bits per heavy atom. The summed E-state index contributed by atoms with van der Waals surface area (Å²) in [7, 11) is 0. The number of hydrogen-bond donors (Lipinski definition) is 2. The van der Waals surface area contributed by atoms with Gasteiger partial charge in [0.05, 0.1) is 5.56 Å². The molecule has 19 heavy (non-hydrogen) atoms. The Bertz CT molecular complexity index is 654. The van der Waals surface area contributed by atoms with E-state index in [-0.39, 0.29) is 11.3 Å². The van der Waals surface area contributed by atoms with Crippen molar-refractivity contribution in [2.75, 3.05) is 0 Å². The molecule has 96 valence electrons. The highest BCUT2D eigenvalue weighted by Gasteiger charge is 2.14. The summed E-state index contributed by atoms with van der Waals surface area (Å²) in [5, 5.41) is 22.0. The number of azide groups is 1. The normalized spacial score (nSPS) is 9.68. The average Bonchev–Trinajstić information content (AvgIpc) is 2.71. The zero-order chi connectivity index (χ0) is 13.8. The minimum absolute atomic E-state index is 0.109. The van der Waals surface area contributed by atoms with E-state index < -0.39 is 17.7 Å². The minimum Gasteiger partial charge on any atom is -0.492 e. The SMILES string of the molecule is [N-]=[N+]=Nc1cccc(C(=O)On2c(O)ccc2O)c1. The summed E-state index contributed by atoms with van der Waals surface area (Å²) in [5.41, 5.74) is 8.66. The van der Waals surface area contributed by atoms with Crippen LogP contribution in [0.4, 0.5) is 5.69 Å². The molecule has 0 bridgehead atoms. The number of benzene rings is 1. The van der Waals surface area contributed by atoms with Crippen LogP contribution >= 0.6 is 0 Å². The predicted octanol–water partition coefficient (Wildman–Crippen LogP) is 2.11. The van der Waals surface area contributed by atoms with E-state index in [0.29, 0.717) is 4.73 Å². The van der Waals surface area contributed by atoms with Crippen LogP contribution in [-0.2, 0) is 0 Å². The maximum absolute atomic E-state index is 11.8. The number of hydrogen-bond acceptors (Lipinski definition) is 5. The molecule has 1 heterocycles. The van der Waals surface area contributed by atoms with Crippen LogP contribution in [0.2, 0.25) is 0 Å². The van der Waals surface area contributed by atoms with E-state index in [1.54, 1.807) is 0 Å². The average molecular weight is 260 g/mol. The zero-order valence-electron chi connectivity index (χ0n) is 9.46. The number of carbonyl (C=O) groups is 1. The van der Waals surface area contributed by atoms with Gasteiger partial charge in [-0.2, -0.15) is 0 Å². The van der Waals surface area contributed by atoms with Crippen LogP contribution in [0.25, 0.3) is 10.4 Å². The number of carbonyl (C=O) groups excluding carboxylic acids is 1. The summed E-state index contributed by atoms with van der Waals surface area (Å²) in [4.78, 5) is 19.1. The Hall–Kier alpha value is -3.12. The second kappa shape index (κ2) is 5.03. The topological polar surface area (TPSA) is 120 Å². The molecule has 0 amide bonds. The van der Waals surface area contributed by atoms with Crippen LogP contribution in [-0.4, -0.2) is 20.9 Å². The van der Waals surface area contributed by atoms with Gasteiger partial charge in [-0.3, -0.25) is 0 Å². The summed E-state index contributed by atoms with van der Waals surface area (Å²) in [6.45, 7) is 0. The first-order valence-corrected chi connectivity index (χ1v) is 5.09. The third-order valence-corrected chi connectivity index (χ3v) is 2.21. The highest BCUT2D eigenvalue weighted by atomic mass is 16.7. The number of nitrogens with zero attached hydrogens (tertiary/aromatic N) is 4. The predicted molar refractivity (Wildman–Crippen MR) is 63.9 cm³/mol. The van der Waals surface area contributed by atoms with Crippen molar-refractivity contribution in [1.82, 2.24) is 4.73 Å². The smallest absolute Gasteiger partial charge is 0.363 e. The van der Waals surface area contributed by atoms with Crippen LogP contribution in [0.3, 0.4) is 0 Å². The fourth-order valence-electron chi connectivity index (χ4n) is 1.38. The van der Waals surface area contributed by atoms with Gasteiger partial charge in [-0.05, 0) is 17.7 Å². The van der Waals surface area contributed by atoms with E-state index in [2.05, 4.69) is 10.0 Å². The summed E-state index contributed by atoms with van der Waals surface area (Å²) in [6.07, 6.45) is 0. The van der Waals surface area contributed by atoms with Gasteiger partial charge >= 0.3 is 5.97 Å². The van der Waals surface area contributed by atoms with Crippen LogP contribution in [0.15, 0.2) is 41.5 Å². The van der Waals surface area contributed by atoms with Gasteiger partial charge < -0.3 is 15.1 Å². The first-order valence-electron chi connectivity index (χ1n) is 5.09. The molecule has 0 radical (unpaired) electrons. The van der Waals surface area contributed by atoms with Gasteiger partial charge in [0.15, 0.2) is 0 Å². The maximum atomic E-state index is 11.8. The lowest BCUT2D eigenvalue weighted by atomic mass is 10.2. The van der Waals surface area contributed by atoms with E-state index >= 15 is 0 Å². The fourth-order valence-corrected chi connectivity index (χ4v) is 1.38. The Kier molecular flexibility index (Phi) is 3.26. The molecule has 0 fully saturated rings. The van der Waals surface area contributed by atoms with Crippen molar-refractivity contribution < 1.29 is 19.8 Å². The number of rotatable bonds is 3. The van der Waals surface area contributed by atoms with Gasteiger partial charge in [-0.15, -0.1) is 4.73 Å². The molecule has 2 aromatic rings. The molecule has 0 aliphatic rings. The second-order valence-electron chi connectivity index (χ2n) is 3.46. The van der Waals surface area contributed by atoms with Gasteiger partial charge in [0, 0.05) is 22.7 Å². The van der Waals surface area contributed by atoms with Crippen LogP contribution in [0.1, 0.15) is 10.4 Å². The van der Waals surface area contributed by atoms with E-state index in [1.807, 2.05) is 0 Å². The Labute approximate surface area is 106 Å². The molecular formula is C11H8N4O4.